The number of benzene rings is 2. The smallest absolute Gasteiger partial charge is 0.407 e. The van der Waals surface area contributed by atoms with Gasteiger partial charge in [-0.15, -0.1) is 0 Å². The molecule has 3 aliphatic rings. The standard InChI is InChI=1S/C27H30N2O5/c1-2-23(25(30)29-13-16-11-12-17(14-29)24(16)26(31)32)28-27(33)34-15-22-20-9-5-3-7-18(20)19-8-4-6-10-21(19)22/h3-10,16-17,22-24H,2,11-15H2,1H3,(H,28,33)(H,31,32)/t16?,17?,23-,24?/m0/s1. The minimum absolute atomic E-state index is 0.00726. The van der Waals surface area contributed by atoms with Crippen molar-refractivity contribution in [1.29, 1.82) is 0 Å². The fourth-order valence-corrected chi connectivity index (χ4v) is 6.15. The van der Waals surface area contributed by atoms with Crippen LogP contribution in [0.5, 0.6) is 0 Å². The van der Waals surface area contributed by atoms with Crippen LogP contribution in [-0.4, -0.2) is 53.7 Å². The van der Waals surface area contributed by atoms with E-state index in [1.54, 1.807) is 4.90 Å². The van der Waals surface area contributed by atoms with Gasteiger partial charge in [-0.1, -0.05) is 55.5 Å². The third kappa shape index (κ3) is 3.93. The molecule has 2 aromatic rings. The fraction of sp³-hybridized carbons (Fsp3) is 0.444. The number of piperidine rings is 1. The highest BCUT2D eigenvalue weighted by molar-refractivity contribution is 5.86. The van der Waals surface area contributed by atoms with Gasteiger partial charge in [-0.3, -0.25) is 9.59 Å². The van der Waals surface area contributed by atoms with Crippen LogP contribution in [0, 0.1) is 17.8 Å². The molecule has 7 heteroatoms. The Bertz CT molecular complexity index is 1060. The van der Waals surface area contributed by atoms with E-state index in [2.05, 4.69) is 29.6 Å². The Balaban J connectivity index is 1.21. The number of nitrogens with one attached hydrogen (secondary N) is 1. The molecule has 7 nitrogen and oxygen atoms in total. The summed E-state index contributed by atoms with van der Waals surface area (Å²) in [5.41, 5.74) is 4.59. The molecule has 0 radical (unpaired) electrons. The summed E-state index contributed by atoms with van der Waals surface area (Å²) in [6.45, 7) is 2.92. The van der Waals surface area contributed by atoms with Crippen molar-refractivity contribution in [2.75, 3.05) is 19.7 Å². The first-order valence-electron chi connectivity index (χ1n) is 12.1. The summed E-state index contributed by atoms with van der Waals surface area (Å²) in [7, 11) is 0. The minimum atomic E-state index is -0.761. The summed E-state index contributed by atoms with van der Waals surface area (Å²) in [4.78, 5) is 39.2. The van der Waals surface area contributed by atoms with Crippen LogP contribution >= 0.6 is 0 Å². The van der Waals surface area contributed by atoms with E-state index in [0.717, 1.165) is 35.1 Å². The largest absolute Gasteiger partial charge is 0.481 e. The third-order valence-corrected chi connectivity index (χ3v) is 7.77. The molecule has 34 heavy (non-hydrogen) atoms. The number of carbonyl (C=O) groups is 3. The van der Waals surface area contributed by atoms with Gasteiger partial charge in [0.2, 0.25) is 5.91 Å². The van der Waals surface area contributed by atoms with Crippen LogP contribution in [0.4, 0.5) is 4.79 Å². The lowest BCUT2D eigenvalue weighted by atomic mass is 9.85. The summed E-state index contributed by atoms with van der Waals surface area (Å²) in [5, 5.41) is 12.3. The van der Waals surface area contributed by atoms with E-state index in [4.69, 9.17) is 4.74 Å². The number of alkyl carbamates (subject to hydrolysis) is 1. The molecule has 1 heterocycles. The van der Waals surface area contributed by atoms with Crippen LogP contribution < -0.4 is 5.32 Å². The van der Waals surface area contributed by atoms with E-state index in [1.165, 1.54) is 0 Å². The van der Waals surface area contributed by atoms with Crippen molar-refractivity contribution < 1.29 is 24.2 Å². The van der Waals surface area contributed by atoms with Gasteiger partial charge in [0.15, 0.2) is 0 Å². The number of likely N-dealkylation sites (tertiary alicyclic amines) is 1. The molecule has 0 aromatic heterocycles. The molecule has 1 aliphatic heterocycles. The minimum Gasteiger partial charge on any atom is -0.481 e. The number of amides is 2. The predicted octanol–water partition coefficient (Wildman–Crippen LogP) is 3.87. The van der Waals surface area contributed by atoms with Crippen molar-refractivity contribution in [2.24, 2.45) is 17.8 Å². The third-order valence-electron chi connectivity index (χ3n) is 7.77. The zero-order chi connectivity index (χ0) is 23.8. The first-order chi connectivity index (χ1) is 16.5. The number of fused-ring (bicyclic) bond motifs is 5. The van der Waals surface area contributed by atoms with Crippen molar-refractivity contribution >= 4 is 18.0 Å². The maximum atomic E-state index is 13.2. The van der Waals surface area contributed by atoms with Crippen LogP contribution in [-0.2, 0) is 14.3 Å². The highest BCUT2D eigenvalue weighted by Gasteiger charge is 2.47. The summed E-state index contributed by atoms with van der Waals surface area (Å²) in [5.74, 6) is -1.33. The number of rotatable bonds is 6. The van der Waals surface area contributed by atoms with E-state index in [1.807, 2.05) is 31.2 Å². The number of ether oxygens (including phenoxy) is 1. The number of nitrogens with zero attached hydrogens (tertiary/aromatic N) is 1. The Morgan fingerprint density at radius 3 is 2.09 bits per heavy atom. The summed E-state index contributed by atoms with van der Waals surface area (Å²) >= 11 is 0. The first-order valence-corrected chi connectivity index (χ1v) is 12.1. The Morgan fingerprint density at radius 2 is 1.56 bits per heavy atom. The Morgan fingerprint density at radius 1 is 1.00 bits per heavy atom. The molecular weight excluding hydrogens is 432 g/mol. The molecule has 2 unspecified atom stereocenters. The van der Waals surface area contributed by atoms with Crippen LogP contribution in [0.1, 0.15) is 43.2 Å². The average molecular weight is 463 g/mol. The number of hydrogen-bond acceptors (Lipinski definition) is 4. The van der Waals surface area contributed by atoms with Crippen molar-refractivity contribution in [1.82, 2.24) is 10.2 Å². The molecule has 178 valence electrons. The van der Waals surface area contributed by atoms with Gasteiger partial charge in [0.1, 0.15) is 12.6 Å². The van der Waals surface area contributed by atoms with Crippen molar-refractivity contribution in [2.45, 2.75) is 38.1 Å². The lowest BCUT2D eigenvalue weighted by molar-refractivity contribution is -0.150. The van der Waals surface area contributed by atoms with Crippen LogP contribution in [0.25, 0.3) is 11.1 Å². The van der Waals surface area contributed by atoms with Gasteiger partial charge in [0.05, 0.1) is 5.92 Å². The van der Waals surface area contributed by atoms with Crippen molar-refractivity contribution in [3.63, 3.8) is 0 Å². The van der Waals surface area contributed by atoms with Gasteiger partial charge in [-0.2, -0.15) is 0 Å². The highest BCUT2D eigenvalue weighted by Crippen LogP contribution is 2.44. The molecule has 1 saturated carbocycles. The second-order valence-corrected chi connectivity index (χ2v) is 9.64. The number of hydrogen-bond donors (Lipinski definition) is 2. The lowest BCUT2D eigenvalue weighted by Crippen LogP contribution is -2.54. The first kappa shape index (κ1) is 22.4. The average Bonchev–Trinajstić information content (AvgIpc) is 3.31. The Labute approximate surface area is 199 Å². The van der Waals surface area contributed by atoms with Gasteiger partial charge in [-0.25, -0.2) is 4.79 Å². The Hall–Kier alpha value is -3.35. The molecule has 3 atom stereocenters. The zero-order valence-electron chi connectivity index (χ0n) is 19.3. The number of carbonyl (C=O) groups excluding carboxylic acids is 2. The van der Waals surface area contributed by atoms with E-state index in [-0.39, 0.29) is 36.2 Å². The zero-order valence-corrected chi connectivity index (χ0v) is 19.3. The topological polar surface area (TPSA) is 95.9 Å². The lowest BCUT2D eigenvalue weighted by Gasteiger charge is -2.37. The maximum absolute atomic E-state index is 13.2. The van der Waals surface area contributed by atoms with Gasteiger partial charge in [-0.05, 0) is 53.4 Å². The van der Waals surface area contributed by atoms with Crippen LogP contribution in [0.2, 0.25) is 0 Å². The number of aliphatic carboxylic acids is 1. The number of carboxylic acid groups (broad SMARTS) is 1. The molecule has 2 aliphatic carbocycles. The van der Waals surface area contributed by atoms with E-state index in [9.17, 15) is 19.5 Å². The maximum Gasteiger partial charge on any atom is 0.407 e. The molecule has 1 saturated heterocycles. The molecule has 2 fully saturated rings. The molecule has 2 aromatic carbocycles. The van der Waals surface area contributed by atoms with Crippen molar-refractivity contribution in [3.05, 3.63) is 59.7 Å². The van der Waals surface area contributed by atoms with E-state index >= 15 is 0 Å². The summed E-state index contributed by atoms with van der Waals surface area (Å²) in [6.07, 6.45) is 1.51. The Kier molecular flexibility index (Phi) is 6.02. The predicted molar refractivity (Wildman–Crippen MR) is 126 cm³/mol. The molecule has 2 bridgehead atoms. The van der Waals surface area contributed by atoms with Crippen LogP contribution in [0.3, 0.4) is 0 Å². The normalized spacial score (nSPS) is 23.7. The number of carboxylic acids is 1. The molecular formula is C27H30N2O5. The highest BCUT2D eigenvalue weighted by atomic mass is 16.5. The molecule has 0 spiro atoms. The SMILES string of the molecule is CC[C@H](NC(=O)OCC1c2ccccc2-c2ccccc21)C(=O)N1CC2CCC(C1)C2C(=O)O. The van der Waals surface area contributed by atoms with Gasteiger partial charge >= 0.3 is 12.1 Å². The fourth-order valence-electron chi connectivity index (χ4n) is 6.15. The molecule has 2 N–H and O–H groups in total. The van der Waals surface area contributed by atoms with Gasteiger partial charge in [0.25, 0.3) is 0 Å². The van der Waals surface area contributed by atoms with Gasteiger partial charge < -0.3 is 20.1 Å². The van der Waals surface area contributed by atoms with E-state index < -0.39 is 18.1 Å². The molecule has 2 amide bonds. The van der Waals surface area contributed by atoms with Crippen molar-refractivity contribution in [3.8, 4) is 11.1 Å². The summed E-state index contributed by atoms with van der Waals surface area (Å²) < 4.78 is 5.61. The second-order valence-electron chi connectivity index (χ2n) is 9.64. The molecule has 5 rings (SSSR count). The second kappa shape index (κ2) is 9.12. The van der Waals surface area contributed by atoms with Gasteiger partial charge in [0, 0.05) is 19.0 Å². The monoisotopic (exact) mass is 462 g/mol. The quantitative estimate of drug-likeness (QED) is 0.679. The van der Waals surface area contributed by atoms with Crippen LogP contribution in [0.15, 0.2) is 48.5 Å². The van der Waals surface area contributed by atoms with E-state index in [0.29, 0.717) is 19.5 Å². The summed E-state index contributed by atoms with van der Waals surface area (Å²) in [6, 6.07) is 15.6.